The Balaban J connectivity index is 1.70. The summed E-state index contributed by atoms with van der Waals surface area (Å²) in [5, 5.41) is 11.7. The molecule has 0 aliphatic carbocycles. The lowest BCUT2D eigenvalue weighted by molar-refractivity contribution is 0.0948. The molecule has 0 bridgehead atoms. The number of aryl methyl sites for hydroxylation is 3. The summed E-state index contributed by atoms with van der Waals surface area (Å²) in [6.45, 7) is 6.37. The van der Waals surface area contributed by atoms with Gasteiger partial charge in [0.2, 0.25) is 0 Å². The van der Waals surface area contributed by atoms with Crippen molar-refractivity contribution in [3.8, 4) is 5.69 Å². The van der Waals surface area contributed by atoms with E-state index in [2.05, 4.69) is 26.6 Å². The summed E-state index contributed by atoms with van der Waals surface area (Å²) in [6, 6.07) is 9.92. The van der Waals surface area contributed by atoms with E-state index in [-0.39, 0.29) is 5.91 Å². The first-order chi connectivity index (χ1) is 12.0. The first-order valence-electron chi connectivity index (χ1n) is 8.23. The maximum Gasteiger partial charge on any atom is 0.273 e. The van der Waals surface area contributed by atoms with Gasteiger partial charge < -0.3 is 5.32 Å². The molecule has 0 aliphatic rings. The Hall–Kier alpha value is -3.02. The van der Waals surface area contributed by atoms with Crippen molar-refractivity contribution < 1.29 is 4.79 Å². The lowest BCUT2D eigenvalue weighted by Crippen LogP contribution is -2.26. The van der Waals surface area contributed by atoms with Crippen molar-refractivity contribution in [2.45, 2.75) is 27.2 Å². The molecule has 1 N–H and O–H groups in total. The number of aromatic nitrogens is 4. The second kappa shape index (κ2) is 7.25. The van der Waals surface area contributed by atoms with Gasteiger partial charge in [-0.3, -0.25) is 9.78 Å². The second-order valence-corrected chi connectivity index (χ2v) is 6.08. The van der Waals surface area contributed by atoms with Gasteiger partial charge in [0.15, 0.2) is 5.69 Å². The molecule has 0 atom stereocenters. The van der Waals surface area contributed by atoms with Crippen LogP contribution in [-0.2, 0) is 6.42 Å². The van der Waals surface area contributed by atoms with E-state index in [1.807, 2.05) is 38.1 Å². The molecule has 0 radical (unpaired) electrons. The summed E-state index contributed by atoms with van der Waals surface area (Å²) in [5.41, 5.74) is 5.17. The maximum atomic E-state index is 12.4. The quantitative estimate of drug-likeness (QED) is 0.778. The van der Waals surface area contributed by atoms with Gasteiger partial charge in [-0.2, -0.15) is 9.90 Å². The third kappa shape index (κ3) is 3.91. The second-order valence-electron chi connectivity index (χ2n) is 6.08. The van der Waals surface area contributed by atoms with Crippen LogP contribution in [0.3, 0.4) is 0 Å². The van der Waals surface area contributed by atoms with Crippen LogP contribution in [-0.4, -0.2) is 32.4 Å². The summed E-state index contributed by atoms with van der Waals surface area (Å²) in [4.78, 5) is 18.0. The van der Waals surface area contributed by atoms with E-state index in [1.165, 1.54) is 10.4 Å². The average molecular weight is 335 g/mol. The summed E-state index contributed by atoms with van der Waals surface area (Å²) >= 11 is 0. The van der Waals surface area contributed by atoms with Crippen LogP contribution in [0.5, 0.6) is 0 Å². The minimum atomic E-state index is -0.211. The maximum absolute atomic E-state index is 12.4. The van der Waals surface area contributed by atoms with Crippen LogP contribution in [0.25, 0.3) is 5.69 Å². The smallest absolute Gasteiger partial charge is 0.273 e. The van der Waals surface area contributed by atoms with Crippen molar-refractivity contribution in [3.63, 3.8) is 0 Å². The Kier molecular flexibility index (Phi) is 4.88. The van der Waals surface area contributed by atoms with E-state index in [1.54, 1.807) is 19.3 Å². The standard InChI is InChI=1S/C19H21N5O/c1-13-6-7-17(14(2)11-13)24-22-15(3)18(23-24)19(25)21-10-8-16-5-4-9-20-12-16/h4-7,9,11-12H,8,10H2,1-3H3,(H,21,25). The Morgan fingerprint density at radius 3 is 2.72 bits per heavy atom. The first-order valence-corrected chi connectivity index (χ1v) is 8.23. The first kappa shape index (κ1) is 16.8. The van der Waals surface area contributed by atoms with Crippen LogP contribution in [0.1, 0.15) is 32.9 Å². The van der Waals surface area contributed by atoms with Gasteiger partial charge in [0.05, 0.1) is 11.4 Å². The van der Waals surface area contributed by atoms with E-state index in [4.69, 9.17) is 0 Å². The number of carbonyl (C=O) groups excluding carboxylic acids is 1. The normalized spacial score (nSPS) is 10.7. The van der Waals surface area contributed by atoms with E-state index in [0.29, 0.717) is 17.9 Å². The highest BCUT2D eigenvalue weighted by atomic mass is 16.2. The Labute approximate surface area is 146 Å². The molecule has 25 heavy (non-hydrogen) atoms. The Morgan fingerprint density at radius 2 is 2.00 bits per heavy atom. The molecule has 1 amide bonds. The predicted octanol–water partition coefficient (Wildman–Crippen LogP) is 2.56. The fourth-order valence-corrected chi connectivity index (χ4v) is 2.68. The minimum Gasteiger partial charge on any atom is -0.350 e. The zero-order chi connectivity index (χ0) is 17.8. The molecule has 3 aromatic rings. The minimum absolute atomic E-state index is 0.211. The molecule has 1 aromatic carbocycles. The molecule has 0 saturated carbocycles. The summed E-state index contributed by atoms with van der Waals surface area (Å²) in [5.74, 6) is -0.211. The molecular weight excluding hydrogens is 314 g/mol. The molecule has 2 aromatic heterocycles. The highest BCUT2D eigenvalue weighted by molar-refractivity contribution is 5.93. The number of carbonyl (C=O) groups is 1. The largest absolute Gasteiger partial charge is 0.350 e. The van der Waals surface area contributed by atoms with Crippen molar-refractivity contribution in [1.29, 1.82) is 0 Å². The van der Waals surface area contributed by atoms with Crippen molar-refractivity contribution in [3.05, 3.63) is 70.8 Å². The summed E-state index contributed by atoms with van der Waals surface area (Å²) in [6.07, 6.45) is 4.26. The van der Waals surface area contributed by atoms with Crippen molar-refractivity contribution in [1.82, 2.24) is 25.3 Å². The predicted molar refractivity (Wildman–Crippen MR) is 95.8 cm³/mol. The molecule has 128 valence electrons. The van der Waals surface area contributed by atoms with Gasteiger partial charge in [-0.15, -0.1) is 5.10 Å². The third-order valence-corrected chi connectivity index (χ3v) is 3.99. The monoisotopic (exact) mass is 335 g/mol. The van der Waals surface area contributed by atoms with Gasteiger partial charge in [-0.05, 0) is 50.5 Å². The zero-order valence-corrected chi connectivity index (χ0v) is 14.7. The number of nitrogens with one attached hydrogen (secondary N) is 1. The highest BCUT2D eigenvalue weighted by Crippen LogP contribution is 2.15. The van der Waals surface area contributed by atoms with Crippen molar-refractivity contribution in [2.75, 3.05) is 6.54 Å². The number of benzene rings is 1. The molecule has 0 spiro atoms. The van der Waals surface area contributed by atoms with Gasteiger partial charge in [0.1, 0.15) is 0 Å². The van der Waals surface area contributed by atoms with Gasteiger partial charge in [-0.1, -0.05) is 23.8 Å². The molecular formula is C19H21N5O. The molecule has 0 saturated heterocycles. The molecule has 0 unspecified atom stereocenters. The summed E-state index contributed by atoms with van der Waals surface area (Å²) in [7, 11) is 0. The molecule has 3 rings (SSSR count). The lowest BCUT2D eigenvalue weighted by atomic mass is 10.1. The van der Waals surface area contributed by atoms with Crippen LogP contribution in [0.15, 0.2) is 42.7 Å². The van der Waals surface area contributed by atoms with Gasteiger partial charge in [0.25, 0.3) is 5.91 Å². The third-order valence-electron chi connectivity index (χ3n) is 3.99. The molecule has 0 aliphatic heterocycles. The van der Waals surface area contributed by atoms with Crippen LogP contribution in [0.4, 0.5) is 0 Å². The SMILES string of the molecule is Cc1ccc(-n2nc(C)c(C(=O)NCCc3cccnc3)n2)c(C)c1. The van der Waals surface area contributed by atoms with Crippen LogP contribution >= 0.6 is 0 Å². The van der Waals surface area contributed by atoms with Gasteiger partial charge in [-0.25, -0.2) is 0 Å². The van der Waals surface area contributed by atoms with Gasteiger partial charge >= 0.3 is 0 Å². The number of pyridine rings is 1. The topological polar surface area (TPSA) is 72.7 Å². The van der Waals surface area contributed by atoms with Crippen LogP contribution in [0.2, 0.25) is 0 Å². The number of amides is 1. The van der Waals surface area contributed by atoms with E-state index in [9.17, 15) is 4.79 Å². The van der Waals surface area contributed by atoms with Crippen molar-refractivity contribution in [2.24, 2.45) is 0 Å². The Bertz CT molecular complexity index is 886. The number of rotatable bonds is 5. The molecule has 6 nitrogen and oxygen atoms in total. The number of nitrogens with zero attached hydrogens (tertiary/aromatic N) is 4. The van der Waals surface area contributed by atoms with E-state index >= 15 is 0 Å². The number of hydrogen-bond acceptors (Lipinski definition) is 4. The number of hydrogen-bond donors (Lipinski definition) is 1. The summed E-state index contributed by atoms with van der Waals surface area (Å²) < 4.78 is 0. The molecule has 2 heterocycles. The van der Waals surface area contributed by atoms with E-state index < -0.39 is 0 Å². The van der Waals surface area contributed by atoms with Gasteiger partial charge in [0, 0.05) is 18.9 Å². The fraction of sp³-hybridized carbons (Fsp3) is 0.263. The highest BCUT2D eigenvalue weighted by Gasteiger charge is 2.16. The molecule has 6 heteroatoms. The lowest BCUT2D eigenvalue weighted by Gasteiger charge is -2.05. The average Bonchev–Trinajstić information content (AvgIpc) is 2.97. The van der Waals surface area contributed by atoms with E-state index in [0.717, 1.165) is 23.2 Å². The molecule has 0 fully saturated rings. The van der Waals surface area contributed by atoms with Crippen LogP contribution < -0.4 is 5.32 Å². The van der Waals surface area contributed by atoms with Crippen LogP contribution in [0, 0.1) is 20.8 Å². The Morgan fingerprint density at radius 1 is 1.16 bits per heavy atom. The zero-order valence-electron chi connectivity index (χ0n) is 14.7. The van der Waals surface area contributed by atoms with Crippen molar-refractivity contribution >= 4 is 5.91 Å². The fourth-order valence-electron chi connectivity index (χ4n) is 2.68.